The zero-order valence-electron chi connectivity index (χ0n) is 17.1. The lowest BCUT2D eigenvalue weighted by Crippen LogP contribution is -2.14. The van der Waals surface area contributed by atoms with E-state index in [1.807, 2.05) is 6.07 Å². The van der Waals surface area contributed by atoms with E-state index < -0.39 is 0 Å². The monoisotopic (exact) mass is 358 g/mol. The third kappa shape index (κ3) is 4.60. The van der Waals surface area contributed by atoms with Crippen LogP contribution in [0.25, 0.3) is 11.1 Å². The van der Waals surface area contributed by atoms with Crippen LogP contribution in [0, 0.1) is 12.8 Å². The zero-order chi connectivity index (χ0) is 19.4. The fourth-order valence-electron chi connectivity index (χ4n) is 3.46. The number of benzene rings is 3. The van der Waals surface area contributed by atoms with E-state index in [2.05, 4.69) is 101 Å². The summed E-state index contributed by atoms with van der Waals surface area (Å²) >= 11 is 0. The van der Waals surface area contributed by atoms with Crippen LogP contribution in [0.15, 0.2) is 72.8 Å². The van der Waals surface area contributed by atoms with Crippen LogP contribution in [-0.4, -0.2) is 0 Å². The third-order valence-electron chi connectivity index (χ3n) is 5.08. The minimum atomic E-state index is 0.0572. The molecule has 0 aliphatic carbocycles. The van der Waals surface area contributed by atoms with E-state index in [1.54, 1.807) is 0 Å². The molecule has 0 fully saturated rings. The van der Waals surface area contributed by atoms with Gasteiger partial charge in [0.05, 0.1) is 0 Å². The molecule has 0 spiro atoms. The second-order valence-corrected chi connectivity index (χ2v) is 7.95. The average Bonchev–Trinajstić information content (AvgIpc) is 2.67. The Morgan fingerprint density at radius 1 is 0.704 bits per heavy atom. The number of hydrogen-bond acceptors (Lipinski definition) is 1. The second-order valence-electron chi connectivity index (χ2n) is 7.95. The van der Waals surface area contributed by atoms with Gasteiger partial charge in [-0.25, -0.2) is 0 Å². The maximum absolute atomic E-state index is 6.38. The molecule has 1 nitrogen and oxygen atoms in total. The molecule has 0 amide bonds. The summed E-state index contributed by atoms with van der Waals surface area (Å²) < 4.78 is 6.38. The minimum Gasteiger partial charge on any atom is -0.485 e. The lowest BCUT2D eigenvalue weighted by atomic mass is 9.96. The lowest BCUT2D eigenvalue weighted by Gasteiger charge is -2.23. The van der Waals surface area contributed by atoms with E-state index in [0.717, 1.165) is 5.75 Å². The van der Waals surface area contributed by atoms with Crippen LogP contribution in [0.3, 0.4) is 0 Å². The van der Waals surface area contributed by atoms with Gasteiger partial charge in [-0.05, 0) is 58.7 Å². The molecule has 0 radical (unpaired) electrons. The standard InChI is InChI=1S/C26H30O/c1-18(2)21-11-13-22(14-12-21)25-16-15-24(17-20(25)5)27-26(19(3)4)23-9-7-6-8-10-23/h6-19,26H,1-5H3. The van der Waals surface area contributed by atoms with Gasteiger partial charge in [-0.1, -0.05) is 88.4 Å². The summed E-state index contributed by atoms with van der Waals surface area (Å²) in [7, 11) is 0. The predicted octanol–water partition coefficient (Wildman–Crippen LogP) is 7.56. The Morgan fingerprint density at radius 3 is 1.93 bits per heavy atom. The summed E-state index contributed by atoms with van der Waals surface area (Å²) in [5.74, 6) is 1.88. The average molecular weight is 359 g/mol. The zero-order valence-corrected chi connectivity index (χ0v) is 17.1. The third-order valence-corrected chi connectivity index (χ3v) is 5.08. The number of aryl methyl sites for hydroxylation is 1. The molecule has 1 heteroatoms. The number of ether oxygens (including phenoxy) is 1. The molecule has 0 saturated carbocycles. The summed E-state index contributed by atoms with van der Waals surface area (Å²) in [6.45, 7) is 11.0. The van der Waals surface area contributed by atoms with Gasteiger partial charge >= 0.3 is 0 Å². The van der Waals surface area contributed by atoms with Crippen LogP contribution >= 0.6 is 0 Å². The summed E-state index contributed by atoms with van der Waals surface area (Å²) in [5, 5.41) is 0. The first-order valence-corrected chi connectivity index (χ1v) is 9.88. The van der Waals surface area contributed by atoms with Crippen molar-refractivity contribution in [2.75, 3.05) is 0 Å². The first-order valence-electron chi connectivity index (χ1n) is 9.88. The van der Waals surface area contributed by atoms with Crippen molar-refractivity contribution >= 4 is 0 Å². The van der Waals surface area contributed by atoms with E-state index >= 15 is 0 Å². The molecule has 0 aromatic heterocycles. The van der Waals surface area contributed by atoms with Crippen molar-refractivity contribution in [3.8, 4) is 16.9 Å². The fraction of sp³-hybridized carbons (Fsp3) is 0.308. The normalized spacial score (nSPS) is 12.4. The summed E-state index contributed by atoms with van der Waals surface area (Å²) in [6.07, 6.45) is 0.0572. The van der Waals surface area contributed by atoms with Gasteiger partial charge in [-0.3, -0.25) is 0 Å². The summed E-state index contributed by atoms with van der Waals surface area (Å²) in [5.41, 5.74) is 6.35. The molecule has 3 rings (SSSR count). The molecule has 0 heterocycles. The topological polar surface area (TPSA) is 9.23 Å². The van der Waals surface area contributed by atoms with E-state index in [4.69, 9.17) is 4.74 Å². The Hall–Kier alpha value is -2.54. The van der Waals surface area contributed by atoms with Gasteiger partial charge in [0.2, 0.25) is 0 Å². The molecule has 0 saturated heterocycles. The van der Waals surface area contributed by atoms with Crippen LogP contribution < -0.4 is 4.74 Å². The molecule has 0 bridgehead atoms. The van der Waals surface area contributed by atoms with Gasteiger partial charge in [-0.2, -0.15) is 0 Å². The van der Waals surface area contributed by atoms with Crippen molar-refractivity contribution in [2.45, 2.75) is 46.6 Å². The first kappa shape index (κ1) is 19.2. The van der Waals surface area contributed by atoms with Crippen LogP contribution in [0.5, 0.6) is 5.75 Å². The van der Waals surface area contributed by atoms with Gasteiger partial charge < -0.3 is 4.74 Å². The summed E-state index contributed by atoms with van der Waals surface area (Å²) in [4.78, 5) is 0. The molecule has 1 unspecified atom stereocenters. The van der Waals surface area contributed by atoms with Gasteiger partial charge in [-0.15, -0.1) is 0 Å². The van der Waals surface area contributed by atoms with Gasteiger partial charge in [0.15, 0.2) is 0 Å². The highest BCUT2D eigenvalue weighted by Crippen LogP contribution is 2.32. The van der Waals surface area contributed by atoms with Crippen LogP contribution in [0.2, 0.25) is 0 Å². The SMILES string of the molecule is Cc1cc(OC(c2ccccc2)C(C)C)ccc1-c1ccc(C(C)C)cc1. The van der Waals surface area contributed by atoms with Crippen LogP contribution in [0.1, 0.15) is 56.4 Å². The molecule has 3 aromatic rings. The van der Waals surface area contributed by atoms with E-state index in [1.165, 1.54) is 27.8 Å². The Morgan fingerprint density at radius 2 is 1.37 bits per heavy atom. The van der Waals surface area contributed by atoms with Crippen molar-refractivity contribution in [2.24, 2.45) is 5.92 Å². The molecule has 0 aliphatic heterocycles. The van der Waals surface area contributed by atoms with Gasteiger partial charge in [0.1, 0.15) is 11.9 Å². The maximum atomic E-state index is 6.38. The molecular weight excluding hydrogens is 328 g/mol. The Kier molecular flexibility index (Phi) is 6.01. The van der Waals surface area contributed by atoms with Crippen molar-refractivity contribution in [3.05, 3.63) is 89.5 Å². The second kappa shape index (κ2) is 8.43. The van der Waals surface area contributed by atoms with Gasteiger partial charge in [0, 0.05) is 0 Å². The van der Waals surface area contributed by atoms with E-state index in [0.29, 0.717) is 11.8 Å². The molecule has 0 N–H and O–H groups in total. The largest absolute Gasteiger partial charge is 0.485 e. The smallest absolute Gasteiger partial charge is 0.126 e. The van der Waals surface area contributed by atoms with Crippen molar-refractivity contribution in [3.63, 3.8) is 0 Å². The highest BCUT2D eigenvalue weighted by Gasteiger charge is 2.18. The van der Waals surface area contributed by atoms with Crippen LogP contribution in [0.4, 0.5) is 0 Å². The van der Waals surface area contributed by atoms with Crippen molar-refractivity contribution < 1.29 is 4.74 Å². The minimum absolute atomic E-state index is 0.0572. The molecular formula is C26H30O. The predicted molar refractivity (Wildman–Crippen MR) is 115 cm³/mol. The van der Waals surface area contributed by atoms with E-state index in [-0.39, 0.29) is 6.10 Å². The Balaban J connectivity index is 1.83. The first-order chi connectivity index (χ1) is 13.0. The quantitative estimate of drug-likeness (QED) is 0.441. The van der Waals surface area contributed by atoms with Crippen LogP contribution in [-0.2, 0) is 0 Å². The molecule has 27 heavy (non-hydrogen) atoms. The number of hydrogen-bond donors (Lipinski definition) is 0. The highest BCUT2D eigenvalue weighted by molar-refractivity contribution is 5.68. The molecule has 140 valence electrons. The van der Waals surface area contributed by atoms with Crippen molar-refractivity contribution in [1.82, 2.24) is 0 Å². The Labute approximate surface area is 164 Å². The lowest BCUT2D eigenvalue weighted by molar-refractivity contribution is 0.153. The van der Waals surface area contributed by atoms with Crippen molar-refractivity contribution in [1.29, 1.82) is 0 Å². The number of rotatable bonds is 6. The summed E-state index contributed by atoms with van der Waals surface area (Å²) in [6, 6.07) is 25.8. The molecule has 1 atom stereocenters. The fourth-order valence-corrected chi connectivity index (χ4v) is 3.46. The van der Waals surface area contributed by atoms with Gasteiger partial charge in [0.25, 0.3) is 0 Å². The van der Waals surface area contributed by atoms with E-state index in [9.17, 15) is 0 Å². The Bertz CT molecular complexity index is 860. The molecule has 0 aliphatic rings. The highest BCUT2D eigenvalue weighted by atomic mass is 16.5. The molecule has 3 aromatic carbocycles. The maximum Gasteiger partial charge on any atom is 0.126 e.